The van der Waals surface area contributed by atoms with Crippen LogP contribution in [0.1, 0.15) is 6.92 Å². The molecule has 3 N–H and O–H groups in total. The molecule has 0 aromatic rings. The van der Waals surface area contributed by atoms with E-state index in [2.05, 4.69) is 15.6 Å². The van der Waals surface area contributed by atoms with Crippen molar-refractivity contribution >= 4 is 11.9 Å². The summed E-state index contributed by atoms with van der Waals surface area (Å²) in [4.78, 5) is 13.7. The third kappa shape index (κ3) is 15.8. The molecule has 7 heteroatoms. The van der Waals surface area contributed by atoms with Gasteiger partial charge in [0.15, 0.2) is 0 Å². The zero-order chi connectivity index (χ0) is 12.9. The van der Waals surface area contributed by atoms with Crippen molar-refractivity contribution in [1.82, 2.24) is 10.6 Å². The summed E-state index contributed by atoms with van der Waals surface area (Å²) in [5.74, 6) is -1.68. The fraction of sp³-hybridized carbons (Fsp3) is 0.455. The van der Waals surface area contributed by atoms with Gasteiger partial charge in [0.2, 0.25) is 0 Å². The molecule has 96 valence electrons. The Morgan fingerprint density at radius 2 is 2.06 bits per heavy atom. The average Bonchev–Trinajstić information content (AvgIpc) is 2.30. The van der Waals surface area contributed by atoms with E-state index < -0.39 is 11.9 Å². The number of rotatable bonds is 9. The van der Waals surface area contributed by atoms with Gasteiger partial charge in [-0.3, -0.25) is 4.99 Å². The van der Waals surface area contributed by atoms with E-state index in [1.54, 1.807) is 0 Å². The van der Waals surface area contributed by atoms with Crippen LogP contribution in [0.15, 0.2) is 29.4 Å². The topological polar surface area (TPSA) is 96.8 Å². The third-order valence-corrected chi connectivity index (χ3v) is 1.66. The number of carbonyl (C=O) groups is 1. The van der Waals surface area contributed by atoms with Gasteiger partial charge in [0.05, 0.1) is 6.54 Å². The van der Waals surface area contributed by atoms with Crippen LogP contribution in [-0.4, -0.2) is 43.2 Å². The molecule has 0 aliphatic rings. The molecule has 6 nitrogen and oxygen atoms in total. The Morgan fingerprint density at radius 3 is 2.67 bits per heavy atom. The van der Waals surface area contributed by atoms with Crippen molar-refractivity contribution in [2.75, 3.05) is 26.2 Å². The Labute approximate surface area is 150 Å². The number of allylic oxidation sites excluding steroid dienone is 1. The predicted octanol–water partition coefficient (Wildman–Crippen LogP) is -3.90. The smallest absolute Gasteiger partial charge is 0.859 e. The van der Waals surface area contributed by atoms with Gasteiger partial charge >= 0.3 is 57.4 Å². The molecule has 0 aromatic heterocycles. The summed E-state index contributed by atoms with van der Waals surface area (Å²) < 4.78 is 0. The van der Waals surface area contributed by atoms with Gasteiger partial charge in [0, 0.05) is 25.7 Å². The van der Waals surface area contributed by atoms with E-state index in [1.807, 2.05) is 19.2 Å². The van der Waals surface area contributed by atoms with Crippen LogP contribution < -0.4 is 67.1 Å². The van der Waals surface area contributed by atoms with Crippen LogP contribution in [0.5, 0.6) is 0 Å². The van der Waals surface area contributed by atoms with Gasteiger partial charge in [-0.1, -0.05) is 6.08 Å². The molecular weight excluding hydrogens is 261 g/mol. The number of nitrogens with one attached hydrogen (secondary N) is 2. The van der Waals surface area contributed by atoms with Crippen molar-refractivity contribution < 1.29 is 66.4 Å². The van der Waals surface area contributed by atoms with E-state index in [-0.39, 0.29) is 51.4 Å². The molecule has 0 radical (unpaired) electrons. The second kappa shape index (κ2) is 14.9. The van der Waals surface area contributed by atoms with Crippen LogP contribution in [0.25, 0.3) is 0 Å². The quantitative estimate of drug-likeness (QED) is 0.132. The molecule has 0 saturated heterocycles. The van der Waals surface area contributed by atoms with Gasteiger partial charge in [-0.15, -0.1) is 0 Å². The summed E-state index contributed by atoms with van der Waals surface area (Å²) in [5.41, 5.74) is 0. The first-order valence-corrected chi connectivity index (χ1v) is 5.34. The Bertz CT molecular complexity index is 304. The average molecular weight is 279 g/mol. The van der Waals surface area contributed by atoms with Crippen LogP contribution in [0.3, 0.4) is 0 Å². The first-order chi connectivity index (χ1) is 8.16. The van der Waals surface area contributed by atoms with Crippen LogP contribution in [-0.2, 0) is 4.79 Å². The second-order valence-corrected chi connectivity index (χ2v) is 3.10. The fourth-order valence-corrected chi connectivity index (χ4v) is 0.927. The molecule has 0 bridgehead atoms. The summed E-state index contributed by atoms with van der Waals surface area (Å²) in [7, 11) is 0. The van der Waals surface area contributed by atoms with Gasteiger partial charge in [0.25, 0.3) is 0 Å². The van der Waals surface area contributed by atoms with Crippen molar-refractivity contribution in [2.24, 2.45) is 4.99 Å². The number of nitrogens with zero attached hydrogens (tertiary/aromatic N) is 1. The monoisotopic (exact) mass is 279 g/mol. The van der Waals surface area contributed by atoms with E-state index in [9.17, 15) is 9.90 Å². The van der Waals surface area contributed by atoms with Crippen molar-refractivity contribution in [1.29, 1.82) is 0 Å². The van der Waals surface area contributed by atoms with Gasteiger partial charge in [-0.2, -0.15) is 0 Å². The molecule has 0 aliphatic carbocycles. The normalized spacial score (nSPS) is 11.7. The zero-order valence-electron chi connectivity index (χ0n) is 10.8. The maximum atomic E-state index is 11.0. The molecular formula is C11H18KN3O3. The Morgan fingerprint density at radius 1 is 1.33 bits per heavy atom. The largest absolute Gasteiger partial charge is 1.00 e. The number of aliphatic imine (C=N–C) groups is 1. The number of aliphatic carboxylic acids is 1. The fourth-order valence-electron chi connectivity index (χ4n) is 0.927. The molecule has 0 saturated carbocycles. The van der Waals surface area contributed by atoms with Gasteiger partial charge in [0.1, 0.15) is 0 Å². The molecule has 0 aliphatic heterocycles. The standard InChI is InChI=1S/C11H19N3O3.K/c1-2-5-12-6-7-13-8-9-14-10(15)3-4-11(16)17;/h2-5,12-13H,6-9H2,1H3,(H,14,15)(H,16,17);/q;+1/p-1/b4-3+,5-2+;. The van der Waals surface area contributed by atoms with E-state index in [1.165, 1.54) is 0 Å². The molecule has 0 rings (SSSR count). The third-order valence-electron chi connectivity index (χ3n) is 1.66. The Balaban J connectivity index is 0. The molecule has 0 spiro atoms. The van der Waals surface area contributed by atoms with Crippen LogP contribution in [0, 0.1) is 0 Å². The van der Waals surface area contributed by atoms with E-state index in [0.29, 0.717) is 13.1 Å². The minimum Gasteiger partial charge on any atom is -0.859 e. The number of hydrogen-bond donors (Lipinski definition) is 3. The minimum atomic E-state index is -1.15. The molecule has 18 heavy (non-hydrogen) atoms. The first kappa shape index (κ1) is 20.1. The van der Waals surface area contributed by atoms with Gasteiger partial charge in [-0.05, 0) is 25.1 Å². The molecule has 0 amide bonds. The van der Waals surface area contributed by atoms with E-state index in [0.717, 1.165) is 25.2 Å². The molecule has 0 fully saturated rings. The summed E-state index contributed by atoms with van der Waals surface area (Å²) >= 11 is 0. The maximum absolute atomic E-state index is 11.0. The van der Waals surface area contributed by atoms with Crippen LogP contribution in [0.4, 0.5) is 0 Å². The second-order valence-electron chi connectivity index (χ2n) is 3.10. The SMILES string of the molecule is C/C=C/NCCNCCN=C([O-])/C=C/C(=O)O.[K+]. The Kier molecular flexibility index (Phi) is 16.6. The maximum Gasteiger partial charge on any atom is 1.00 e. The van der Waals surface area contributed by atoms with Crippen molar-refractivity contribution in [3.05, 3.63) is 24.4 Å². The van der Waals surface area contributed by atoms with Crippen LogP contribution in [0.2, 0.25) is 0 Å². The Hall–Kier alpha value is -0.184. The molecule has 0 atom stereocenters. The van der Waals surface area contributed by atoms with Gasteiger partial charge in [-0.25, -0.2) is 4.79 Å². The minimum absolute atomic E-state index is 0. The molecule has 0 unspecified atom stereocenters. The molecule has 0 heterocycles. The van der Waals surface area contributed by atoms with Crippen molar-refractivity contribution in [3.63, 3.8) is 0 Å². The van der Waals surface area contributed by atoms with E-state index in [4.69, 9.17) is 5.11 Å². The number of hydrogen-bond acceptors (Lipinski definition) is 5. The predicted molar refractivity (Wildman–Crippen MR) is 64.8 cm³/mol. The summed E-state index contributed by atoms with van der Waals surface area (Å²) in [6.45, 7) is 4.43. The summed E-state index contributed by atoms with van der Waals surface area (Å²) in [6.07, 6.45) is 5.48. The number of carboxylic acids is 1. The summed E-state index contributed by atoms with van der Waals surface area (Å²) in [6, 6.07) is 0. The summed E-state index contributed by atoms with van der Waals surface area (Å²) in [5, 5.41) is 25.4. The molecule has 0 aromatic carbocycles. The van der Waals surface area contributed by atoms with E-state index >= 15 is 0 Å². The zero-order valence-corrected chi connectivity index (χ0v) is 14.0. The van der Waals surface area contributed by atoms with Gasteiger partial charge < -0.3 is 20.8 Å². The first-order valence-electron chi connectivity index (χ1n) is 5.34. The van der Waals surface area contributed by atoms with Crippen LogP contribution >= 0.6 is 0 Å². The van der Waals surface area contributed by atoms with Crippen molar-refractivity contribution in [2.45, 2.75) is 6.92 Å². The van der Waals surface area contributed by atoms with Crippen molar-refractivity contribution in [3.8, 4) is 0 Å². The number of carboxylic acid groups (broad SMARTS) is 1.